The number of hydrogen-bond acceptors (Lipinski definition) is 3. The number of nitrogens with zero attached hydrogens (tertiary/aromatic N) is 1. The van der Waals surface area contributed by atoms with E-state index in [4.69, 9.17) is 5.73 Å². The minimum atomic E-state index is -0.0493. The van der Waals surface area contributed by atoms with Gasteiger partial charge in [-0.1, -0.05) is 6.92 Å². The summed E-state index contributed by atoms with van der Waals surface area (Å²) in [7, 11) is 4.15. The van der Waals surface area contributed by atoms with Crippen LogP contribution < -0.4 is 11.1 Å². The van der Waals surface area contributed by atoms with Gasteiger partial charge >= 0.3 is 0 Å². The van der Waals surface area contributed by atoms with E-state index in [2.05, 4.69) is 38.2 Å². The SMILES string of the molecule is CCC(C)(N)CNCCN(C)C. The summed E-state index contributed by atoms with van der Waals surface area (Å²) in [6.45, 7) is 7.18. The van der Waals surface area contributed by atoms with Gasteiger partial charge in [-0.25, -0.2) is 0 Å². The van der Waals surface area contributed by atoms with E-state index < -0.39 is 0 Å². The van der Waals surface area contributed by atoms with Crippen LogP contribution in [0.2, 0.25) is 0 Å². The van der Waals surface area contributed by atoms with Crippen molar-refractivity contribution in [3.63, 3.8) is 0 Å². The maximum Gasteiger partial charge on any atom is 0.0249 e. The molecule has 0 rings (SSSR count). The number of hydrogen-bond donors (Lipinski definition) is 2. The van der Waals surface area contributed by atoms with Gasteiger partial charge in [0.05, 0.1) is 0 Å². The Balaban J connectivity index is 3.31. The monoisotopic (exact) mass is 173 g/mol. The third-order valence-electron chi connectivity index (χ3n) is 2.07. The van der Waals surface area contributed by atoms with E-state index in [0.717, 1.165) is 26.1 Å². The highest BCUT2D eigenvalue weighted by Gasteiger charge is 2.13. The molecular weight excluding hydrogens is 150 g/mol. The van der Waals surface area contributed by atoms with Crippen molar-refractivity contribution in [2.75, 3.05) is 33.7 Å². The summed E-state index contributed by atoms with van der Waals surface area (Å²) in [6, 6.07) is 0. The van der Waals surface area contributed by atoms with Gasteiger partial charge in [-0.3, -0.25) is 0 Å². The smallest absolute Gasteiger partial charge is 0.0249 e. The van der Waals surface area contributed by atoms with E-state index in [9.17, 15) is 0 Å². The van der Waals surface area contributed by atoms with Crippen LogP contribution in [0.3, 0.4) is 0 Å². The average molecular weight is 173 g/mol. The van der Waals surface area contributed by atoms with Gasteiger partial charge in [0.25, 0.3) is 0 Å². The van der Waals surface area contributed by atoms with Crippen molar-refractivity contribution in [1.29, 1.82) is 0 Å². The summed E-state index contributed by atoms with van der Waals surface area (Å²) in [5.74, 6) is 0. The highest BCUT2D eigenvalue weighted by molar-refractivity contribution is 4.78. The van der Waals surface area contributed by atoms with Gasteiger partial charge in [0, 0.05) is 25.2 Å². The maximum atomic E-state index is 5.96. The molecule has 0 aliphatic carbocycles. The first-order valence-corrected chi connectivity index (χ1v) is 4.62. The van der Waals surface area contributed by atoms with Gasteiger partial charge in [-0.05, 0) is 27.4 Å². The standard InChI is InChI=1S/C9H23N3/c1-5-9(2,10)8-11-6-7-12(3)4/h11H,5-8,10H2,1-4H3. The van der Waals surface area contributed by atoms with Crippen LogP contribution in [-0.4, -0.2) is 44.2 Å². The molecule has 0 bridgehead atoms. The van der Waals surface area contributed by atoms with Crippen LogP contribution in [0.15, 0.2) is 0 Å². The molecule has 0 saturated heterocycles. The lowest BCUT2D eigenvalue weighted by Gasteiger charge is -2.23. The molecule has 12 heavy (non-hydrogen) atoms. The molecule has 0 fully saturated rings. The highest BCUT2D eigenvalue weighted by Crippen LogP contribution is 2.01. The Kier molecular flexibility index (Phi) is 5.46. The Bertz CT molecular complexity index is 110. The lowest BCUT2D eigenvalue weighted by atomic mass is 10.0. The summed E-state index contributed by atoms with van der Waals surface area (Å²) in [4.78, 5) is 2.16. The number of nitrogens with one attached hydrogen (secondary N) is 1. The highest BCUT2D eigenvalue weighted by atomic mass is 15.1. The molecule has 0 spiro atoms. The Morgan fingerprint density at radius 2 is 2.00 bits per heavy atom. The molecule has 0 aromatic heterocycles. The molecule has 0 amide bonds. The third kappa shape index (κ3) is 6.58. The van der Waals surface area contributed by atoms with Crippen molar-refractivity contribution < 1.29 is 0 Å². The minimum Gasteiger partial charge on any atom is -0.324 e. The van der Waals surface area contributed by atoms with Gasteiger partial charge < -0.3 is 16.0 Å². The fraction of sp³-hybridized carbons (Fsp3) is 1.00. The maximum absolute atomic E-state index is 5.96. The predicted octanol–water partition coefficient (Wildman–Crippen LogP) is 0.265. The first-order chi connectivity index (χ1) is 5.48. The molecule has 0 aromatic rings. The third-order valence-corrected chi connectivity index (χ3v) is 2.07. The van der Waals surface area contributed by atoms with Gasteiger partial charge in [-0.2, -0.15) is 0 Å². The van der Waals surface area contributed by atoms with Crippen LogP contribution in [-0.2, 0) is 0 Å². The van der Waals surface area contributed by atoms with Crippen molar-refractivity contribution in [1.82, 2.24) is 10.2 Å². The fourth-order valence-corrected chi connectivity index (χ4v) is 0.802. The second-order valence-corrected chi connectivity index (χ2v) is 3.99. The predicted molar refractivity (Wildman–Crippen MR) is 54.3 cm³/mol. The molecule has 0 aromatic carbocycles. The van der Waals surface area contributed by atoms with Crippen LogP contribution in [0.25, 0.3) is 0 Å². The first-order valence-electron chi connectivity index (χ1n) is 4.62. The van der Waals surface area contributed by atoms with Crippen LogP contribution in [0.1, 0.15) is 20.3 Å². The molecule has 3 nitrogen and oxygen atoms in total. The molecule has 3 heteroatoms. The van der Waals surface area contributed by atoms with Gasteiger partial charge in [0.2, 0.25) is 0 Å². The van der Waals surface area contributed by atoms with E-state index in [1.807, 2.05) is 0 Å². The summed E-state index contributed by atoms with van der Waals surface area (Å²) in [6.07, 6.45) is 1.02. The number of rotatable bonds is 6. The quantitative estimate of drug-likeness (QED) is 0.566. The van der Waals surface area contributed by atoms with E-state index in [1.54, 1.807) is 0 Å². The summed E-state index contributed by atoms with van der Waals surface area (Å²) in [5, 5.41) is 3.34. The van der Waals surface area contributed by atoms with E-state index in [1.165, 1.54) is 0 Å². The van der Waals surface area contributed by atoms with Gasteiger partial charge in [0.15, 0.2) is 0 Å². The Morgan fingerprint density at radius 1 is 1.42 bits per heavy atom. The lowest BCUT2D eigenvalue weighted by Crippen LogP contribution is -2.46. The zero-order valence-electron chi connectivity index (χ0n) is 8.85. The summed E-state index contributed by atoms with van der Waals surface area (Å²) in [5.41, 5.74) is 5.91. The first kappa shape index (κ1) is 11.9. The molecule has 0 aliphatic heterocycles. The average Bonchev–Trinajstić information content (AvgIpc) is 1.98. The number of nitrogens with two attached hydrogens (primary N) is 1. The van der Waals surface area contributed by atoms with E-state index >= 15 is 0 Å². The van der Waals surface area contributed by atoms with Crippen molar-refractivity contribution >= 4 is 0 Å². The second kappa shape index (κ2) is 5.51. The molecule has 1 atom stereocenters. The van der Waals surface area contributed by atoms with Crippen molar-refractivity contribution in [2.45, 2.75) is 25.8 Å². The fourth-order valence-electron chi connectivity index (χ4n) is 0.802. The Morgan fingerprint density at radius 3 is 2.42 bits per heavy atom. The lowest BCUT2D eigenvalue weighted by molar-refractivity contribution is 0.369. The molecule has 74 valence electrons. The second-order valence-electron chi connectivity index (χ2n) is 3.99. The normalized spacial score (nSPS) is 16.5. The molecule has 0 saturated carbocycles. The molecular formula is C9H23N3. The van der Waals surface area contributed by atoms with Crippen molar-refractivity contribution in [2.24, 2.45) is 5.73 Å². The van der Waals surface area contributed by atoms with Crippen LogP contribution >= 0.6 is 0 Å². The summed E-state index contributed by atoms with van der Waals surface area (Å²) >= 11 is 0. The summed E-state index contributed by atoms with van der Waals surface area (Å²) < 4.78 is 0. The van der Waals surface area contributed by atoms with Crippen LogP contribution in [0, 0.1) is 0 Å². The van der Waals surface area contributed by atoms with Crippen molar-refractivity contribution in [3.8, 4) is 0 Å². The Hall–Kier alpha value is -0.120. The van der Waals surface area contributed by atoms with Crippen molar-refractivity contribution in [3.05, 3.63) is 0 Å². The largest absolute Gasteiger partial charge is 0.324 e. The zero-order valence-corrected chi connectivity index (χ0v) is 8.85. The topological polar surface area (TPSA) is 41.3 Å². The van der Waals surface area contributed by atoms with E-state index in [0.29, 0.717) is 0 Å². The molecule has 3 N–H and O–H groups in total. The molecule has 1 unspecified atom stereocenters. The van der Waals surface area contributed by atoms with Gasteiger partial charge in [0.1, 0.15) is 0 Å². The Labute approximate surface area is 76.3 Å². The number of likely N-dealkylation sites (N-methyl/N-ethyl adjacent to an activating group) is 1. The van der Waals surface area contributed by atoms with Gasteiger partial charge in [-0.15, -0.1) is 0 Å². The van der Waals surface area contributed by atoms with Crippen LogP contribution in [0.5, 0.6) is 0 Å². The molecule has 0 radical (unpaired) electrons. The minimum absolute atomic E-state index is 0.0493. The van der Waals surface area contributed by atoms with E-state index in [-0.39, 0.29) is 5.54 Å². The van der Waals surface area contributed by atoms with Crippen LogP contribution in [0.4, 0.5) is 0 Å². The molecule has 0 aliphatic rings. The zero-order chi connectivity index (χ0) is 9.61. The molecule has 0 heterocycles.